The maximum absolute atomic E-state index is 13.3. The number of aliphatic hydroxyl groups is 1. The van der Waals surface area contributed by atoms with Crippen LogP contribution in [-0.2, 0) is 11.0 Å². The minimum absolute atomic E-state index is 0.0349. The SMILES string of the molecule is N#Cc1ccc(C2C3=C(CCC3=O)N(c3cccc(C(F)(F)F)c3)C(=O)N2O)c(SCCO)c1. The highest BCUT2D eigenvalue weighted by atomic mass is 32.2. The Morgan fingerprint density at radius 3 is 2.59 bits per heavy atom. The van der Waals surface area contributed by atoms with E-state index in [1.807, 2.05) is 6.07 Å². The van der Waals surface area contributed by atoms with E-state index in [1.165, 1.54) is 36.0 Å². The Kier molecular flexibility index (Phi) is 6.40. The molecule has 0 fully saturated rings. The van der Waals surface area contributed by atoms with E-state index in [0.717, 1.165) is 23.1 Å². The molecule has 4 rings (SSSR count). The summed E-state index contributed by atoms with van der Waals surface area (Å²) in [6.45, 7) is -0.163. The molecular weight excluding hydrogens is 471 g/mol. The second-order valence-corrected chi connectivity index (χ2v) is 8.77. The lowest BCUT2D eigenvalue weighted by Crippen LogP contribution is -2.48. The van der Waals surface area contributed by atoms with Gasteiger partial charge in [0.2, 0.25) is 0 Å². The number of anilines is 1. The number of rotatable bonds is 5. The number of hydrogen-bond acceptors (Lipinski definition) is 6. The average molecular weight is 489 g/mol. The number of benzene rings is 2. The number of halogens is 3. The topological polar surface area (TPSA) is 105 Å². The van der Waals surface area contributed by atoms with Crippen molar-refractivity contribution in [1.82, 2.24) is 5.06 Å². The average Bonchev–Trinajstić information content (AvgIpc) is 3.19. The summed E-state index contributed by atoms with van der Waals surface area (Å²) in [4.78, 5) is 27.6. The van der Waals surface area contributed by atoms with Gasteiger partial charge < -0.3 is 5.11 Å². The summed E-state index contributed by atoms with van der Waals surface area (Å²) in [6, 6.07) is 8.46. The van der Waals surface area contributed by atoms with Gasteiger partial charge >= 0.3 is 12.2 Å². The summed E-state index contributed by atoms with van der Waals surface area (Å²) < 4.78 is 39.8. The van der Waals surface area contributed by atoms with Crippen LogP contribution in [0.4, 0.5) is 23.7 Å². The maximum atomic E-state index is 13.3. The molecule has 2 aromatic rings. The van der Waals surface area contributed by atoms with Crippen molar-refractivity contribution in [3.05, 3.63) is 70.4 Å². The fraction of sp³-hybridized carbons (Fsp3) is 0.261. The second kappa shape index (κ2) is 9.13. The van der Waals surface area contributed by atoms with Crippen LogP contribution in [-0.4, -0.2) is 39.6 Å². The molecule has 1 aliphatic carbocycles. The Morgan fingerprint density at radius 2 is 1.91 bits per heavy atom. The van der Waals surface area contributed by atoms with E-state index in [4.69, 9.17) is 0 Å². The molecule has 2 N–H and O–H groups in total. The number of hydroxylamine groups is 2. The van der Waals surface area contributed by atoms with Gasteiger partial charge in [-0.1, -0.05) is 12.1 Å². The molecular formula is C23H18F3N3O4S. The van der Waals surface area contributed by atoms with Crippen LogP contribution < -0.4 is 4.90 Å². The monoisotopic (exact) mass is 489 g/mol. The van der Waals surface area contributed by atoms with Crippen LogP contribution in [0.5, 0.6) is 0 Å². The quantitative estimate of drug-likeness (QED) is 0.468. The van der Waals surface area contributed by atoms with Crippen LogP contribution in [0.15, 0.2) is 58.6 Å². The van der Waals surface area contributed by atoms with E-state index < -0.39 is 23.8 Å². The number of nitrogens with zero attached hydrogens (tertiary/aromatic N) is 3. The number of aliphatic hydroxyl groups excluding tert-OH is 1. The standard InChI is InChI=1S/C23H18F3N3O4S/c24-23(25,26)14-2-1-3-15(11-14)28-17-6-7-18(31)20(17)21(29(33)22(28)32)16-5-4-13(12-27)10-19(16)34-9-8-30/h1-5,10-11,21,30,33H,6-9H2. The van der Waals surface area contributed by atoms with E-state index in [0.29, 0.717) is 21.1 Å². The minimum Gasteiger partial charge on any atom is -0.396 e. The van der Waals surface area contributed by atoms with Gasteiger partial charge in [-0.2, -0.15) is 23.5 Å². The summed E-state index contributed by atoms with van der Waals surface area (Å²) in [5, 5.41) is 29.7. The molecule has 0 saturated carbocycles. The number of alkyl halides is 3. The van der Waals surface area contributed by atoms with Crippen molar-refractivity contribution in [2.75, 3.05) is 17.3 Å². The Balaban J connectivity index is 1.87. The first-order valence-electron chi connectivity index (χ1n) is 10.2. The number of nitriles is 1. The summed E-state index contributed by atoms with van der Waals surface area (Å²) in [5.74, 6) is -0.0736. The number of carbonyl (C=O) groups is 2. The van der Waals surface area contributed by atoms with Crippen molar-refractivity contribution >= 4 is 29.3 Å². The van der Waals surface area contributed by atoms with Gasteiger partial charge in [0.25, 0.3) is 0 Å². The highest BCUT2D eigenvalue weighted by Gasteiger charge is 2.46. The molecule has 1 unspecified atom stereocenters. The molecule has 0 bridgehead atoms. The number of thioether (sulfide) groups is 1. The predicted molar refractivity (Wildman–Crippen MR) is 116 cm³/mol. The summed E-state index contributed by atoms with van der Waals surface area (Å²) >= 11 is 1.19. The Labute approximate surface area is 196 Å². The highest BCUT2D eigenvalue weighted by Crippen LogP contribution is 2.46. The number of urea groups is 1. The van der Waals surface area contributed by atoms with Crippen molar-refractivity contribution in [2.45, 2.75) is 30.0 Å². The van der Waals surface area contributed by atoms with Gasteiger partial charge in [-0.25, -0.2) is 4.79 Å². The zero-order chi connectivity index (χ0) is 24.6. The second-order valence-electron chi connectivity index (χ2n) is 7.63. The van der Waals surface area contributed by atoms with Gasteiger partial charge in [-0.15, -0.1) is 11.8 Å². The van der Waals surface area contributed by atoms with Crippen LogP contribution >= 0.6 is 11.8 Å². The molecule has 2 aromatic carbocycles. The molecule has 0 aromatic heterocycles. The van der Waals surface area contributed by atoms with Gasteiger partial charge in [0, 0.05) is 28.3 Å². The smallest absolute Gasteiger partial charge is 0.396 e. The molecule has 34 heavy (non-hydrogen) atoms. The third-order valence-corrected chi connectivity index (χ3v) is 6.64. The number of ketones is 1. The molecule has 0 radical (unpaired) electrons. The zero-order valence-corrected chi connectivity index (χ0v) is 18.4. The number of carbonyl (C=O) groups excluding carboxylic acids is 2. The van der Waals surface area contributed by atoms with Gasteiger partial charge in [-0.05, 0) is 42.3 Å². The van der Waals surface area contributed by atoms with Crippen molar-refractivity contribution in [3.8, 4) is 6.07 Å². The van der Waals surface area contributed by atoms with Crippen LogP contribution in [0.3, 0.4) is 0 Å². The van der Waals surface area contributed by atoms with Crippen LogP contribution in [0, 0.1) is 11.3 Å². The largest absolute Gasteiger partial charge is 0.416 e. The van der Waals surface area contributed by atoms with Crippen molar-refractivity contribution in [3.63, 3.8) is 0 Å². The first-order chi connectivity index (χ1) is 16.2. The van der Waals surface area contributed by atoms with Gasteiger partial charge in [0.1, 0.15) is 6.04 Å². The van der Waals surface area contributed by atoms with Crippen molar-refractivity contribution < 1.29 is 33.1 Å². The molecule has 1 atom stereocenters. The van der Waals surface area contributed by atoms with E-state index in [1.54, 1.807) is 0 Å². The van der Waals surface area contributed by atoms with E-state index >= 15 is 0 Å². The molecule has 2 amide bonds. The molecule has 1 aliphatic heterocycles. The summed E-state index contributed by atoms with van der Waals surface area (Å²) in [5.41, 5.74) is -0.0600. The number of amides is 2. The van der Waals surface area contributed by atoms with E-state index in [9.17, 15) is 38.3 Å². The summed E-state index contributed by atoms with van der Waals surface area (Å²) in [7, 11) is 0. The number of hydrogen-bond donors (Lipinski definition) is 2. The lowest BCUT2D eigenvalue weighted by molar-refractivity contribution is -0.137. The third-order valence-electron chi connectivity index (χ3n) is 5.59. The molecule has 0 spiro atoms. The van der Waals surface area contributed by atoms with Gasteiger partial charge in [-0.3, -0.25) is 14.9 Å². The van der Waals surface area contributed by atoms with Crippen LogP contribution in [0.25, 0.3) is 0 Å². The van der Waals surface area contributed by atoms with E-state index in [2.05, 4.69) is 0 Å². The molecule has 176 valence electrons. The number of allylic oxidation sites excluding steroid dienone is 1. The zero-order valence-electron chi connectivity index (χ0n) is 17.5. The normalized spacial score (nSPS) is 18.4. The van der Waals surface area contributed by atoms with Gasteiger partial charge in [0.05, 0.1) is 29.5 Å². The minimum atomic E-state index is -4.64. The Bertz CT molecular complexity index is 1240. The third kappa shape index (κ3) is 4.16. The fourth-order valence-corrected chi connectivity index (χ4v) is 5.01. The van der Waals surface area contributed by atoms with Gasteiger partial charge in [0.15, 0.2) is 5.78 Å². The lowest BCUT2D eigenvalue weighted by atomic mass is 9.93. The molecule has 11 heteroatoms. The van der Waals surface area contributed by atoms with Crippen molar-refractivity contribution in [2.24, 2.45) is 0 Å². The molecule has 0 saturated heterocycles. The fourth-order valence-electron chi connectivity index (χ4n) is 4.14. The molecule has 1 heterocycles. The first kappa shape index (κ1) is 23.8. The molecule has 2 aliphatic rings. The van der Waals surface area contributed by atoms with Crippen LogP contribution in [0.1, 0.15) is 35.6 Å². The van der Waals surface area contributed by atoms with E-state index in [-0.39, 0.29) is 47.9 Å². The summed E-state index contributed by atoms with van der Waals surface area (Å²) in [6.07, 6.45) is -4.48. The highest BCUT2D eigenvalue weighted by molar-refractivity contribution is 7.99. The Hall–Kier alpha value is -3.33. The predicted octanol–water partition coefficient (Wildman–Crippen LogP) is 4.65. The first-order valence-corrected chi connectivity index (χ1v) is 11.2. The number of Topliss-reactive ketones (excluding diaryl/α,β-unsaturated/α-hetero) is 1. The van der Waals surface area contributed by atoms with Crippen molar-refractivity contribution in [1.29, 1.82) is 5.26 Å². The molecule has 7 nitrogen and oxygen atoms in total. The maximum Gasteiger partial charge on any atom is 0.416 e. The lowest BCUT2D eigenvalue weighted by Gasteiger charge is -2.39. The Morgan fingerprint density at radius 1 is 1.15 bits per heavy atom. The van der Waals surface area contributed by atoms with Crippen LogP contribution in [0.2, 0.25) is 0 Å².